The average molecular weight is 575 g/mol. The summed E-state index contributed by atoms with van der Waals surface area (Å²) < 4.78 is 31.7. The molecule has 13 heteroatoms. The van der Waals surface area contributed by atoms with E-state index < -0.39 is 63.4 Å². The van der Waals surface area contributed by atoms with Crippen LogP contribution in [-0.2, 0) is 15.9 Å². The molecule has 13 nitrogen and oxygen atoms in total. The molecule has 6 rings (SSSR count). The van der Waals surface area contributed by atoms with Gasteiger partial charge >= 0.3 is 11.6 Å². The fourth-order valence-corrected chi connectivity index (χ4v) is 5.33. The molecule has 1 spiro atoms. The van der Waals surface area contributed by atoms with Crippen LogP contribution in [0.2, 0.25) is 0 Å². The highest BCUT2D eigenvalue weighted by atomic mass is 16.9. The summed E-state index contributed by atoms with van der Waals surface area (Å²) in [5.41, 5.74) is -1.78. The molecule has 2 unspecified atom stereocenters. The Balaban J connectivity index is 1.44. The molecule has 40 heavy (non-hydrogen) atoms. The van der Waals surface area contributed by atoms with Crippen molar-refractivity contribution >= 4 is 28.3 Å². The maximum absolute atomic E-state index is 13.6. The SMILES string of the molecule is COC(=O)[13c]1[13cH][13c]2[13cH][13c]3[13c]([13c](O)[13c]2[13c](=O)o1)O[13C]1([13CH2][13CH2]3)O[13C]2=[13C]([13C](=O)[13c]3[13c](OC)[13cH][13c](OC)[13c](O)[13c]3[13C]2=O)[13CH]1O. The molecule has 3 aliphatic rings. The Labute approximate surface area is 223 Å². The van der Waals surface area contributed by atoms with E-state index in [0.29, 0.717) is 5.56 Å². The number of ketones is 2. The van der Waals surface area contributed by atoms with E-state index in [-0.39, 0.29) is 52.2 Å². The van der Waals surface area contributed by atoms with E-state index in [1.807, 2.05) is 0 Å². The third-order valence-corrected chi connectivity index (χ3v) is 7.24. The van der Waals surface area contributed by atoms with Gasteiger partial charge in [-0.15, -0.1) is 0 Å². The van der Waals surface area contributed by atoms with Crippen LogP contribution in [0.15, 0.2) is 38.7 Å². The predicted molar refractivity (Wildman–Crippen MR) is 131 cm³/mol. The lowest BCUT2D eigenvalue weighted by Crippen LogP contribution is -2.49. The molecule has 3 N–H and O–H groups in total. The summed E-state index contributed by atoms with van der Waals surface area (Å²) in [5.74, 6) is -7.27. The number of carbonyl (C=O) groups excluding carboxylic acids is 3. The normalized spacial score (nSPS) is 20.9. The highest BCUT2D eigenvalue weighted by Gasteiger charge is 2.59. The number of aromatic hydroxyl groups is 2. The van der Waals surface area contributed by atoms with E-state index in [1.54, 1.807) is 0 Å². The quantitative estimate of drug-likeness (QED) is 0.303. The molecule has 1 aliphatic carbocycles. The molecule has 3 aromatic rings. The van der Waals surface area contributed by atoms with Crippen LogP contribution in [0, 0.1) is 0 Å². The number of benzene rings is 2. The molecular weight excluding hydrogens is 555 g/mol. The van der Waals surface area contributed by atoms with Crippen molar-refractivity contribution in [2.75, 3.05) is 21.3 Å². The first-order chi connectivity index (χ1) is 19.1. The Kier molecular flexibility index (Phi) is 5.35. The zero-order valence-corrected chi connectivity index (χ0v) is 21.1. The molecule has 2 aromatic carbocycles. The Morgan fingerprint density at radius 3 is 2.35 bits per heavy atom. The van der Waals surface area contributed by atoms with E-state index in [4.69, 9.17) is 23.4 Å². The number of esters is 1. The van der Waals surface area contributed by atoms with Gasteiger partial charge in [0.05, 0.1) is 38.0 Å². The summed E-state index contributed by atoms with van der Waals surface area (Å²) in [6.07, 6.45) is -1.79. The largest absolute Gasteiger partial charge is 0.504 e. The lowest BCUT2D eigenvalue weighted by Gasteiger charge is -2.37. The second kappa shape index (κ2) is 8.48. The summed E-state index contributed by atoms with van der Waals surface area (Å²) in [6, 6.07) is 3.96. The number of phenolic OH excluding ortho intramolecular Hbond substituents is 2. The van der Waals surface area contributed by atoms with Gasteiger partial charge in [-0.3, -0.25) is 9.59 Å². The van der Waals surface area contributed by atoms with Crippen LogP contribution in [0.25, 0.3) is 10.8 Å². The molecule has 206 valence electrons. The van der Waals surface area contributed by atoms with Gasteiger partial charge in [0, 0.05) is 12.5 Å². The Morgan fingerprint density at radius 1 is 0.950 bits per heavy atom. The standard InChI is InChI=1S/C27H20O13/c1-35-11-8-12(36-2)18(28)16-15(11)19(29)17-23(21(16)31)40-27(24(17)32)5-4-9-6-10-7-13(25(33)37-3)38-26(34)14(10)20(30)22(9)39-27/h6-8,24,28,30,32H,4-5H2,1-3H3/i4+1,5+1,6+1,7+1,8+1,9+1,10+1,11+1,12+1,13+1,14+1,15+1,16+1,17+1,18+1,19+1,20+1,21+1,22+1,23+1,24+1,26+1,27+1. The Bertz CT molecular complexity index is 1780. The first-order valence-corrected chi connectivity index (χ1v) is 11.9. The molecule has 2 aliphatic heterocycles. The monoisotopic (exact) mass is 575 g/mol. The first kappa shape index (κ1) is 25.2. The molecule has 0 bridgehead atoms. The summed E-state index contributed by atoms with van der Waals surface area (Å²) in [6.45, 7) is 0. The number of hydrogen-bond donors (Lipinski definition) is 3. The smallest absolute Gasteiger partial charge is 0.374 e. The number of fused-ring (bicyclic) bond motifs is 3. The fraction of sp³-hybridized carbons (Fsp3) is 0.259. The molecule has 0 amide bonds. The van der Waals surface area contributed by atoms with Crippen molar-refractivity contribution in [2.24, 2.45) is 0 Å². The number of aliphatic hydroxyl groups excluding tert-OH is 1. The van der Waals surface area contributed by atoms with Gasteiger partial charge < -0.3 is 43.4 Å². The Morgan fingerprint density at radius 2 is 1.68 bits per heavy atom. The van der Waals surface area contributed by atoms with Crippen molar-refractivity contribution in [2.45, 2.75) is 24.7 Å². The average Bonchev–Trinajstić information content (AvgIpc) is 3.23. The molecular formula is C27H20O13. The van der Waals surface area contributed by atoms with Gasteiger partial charge in [0.15, 0.2) is 40.6 Å². The fourth-order valence-electron chi connectivity index (χ4n) is 5.33. The topological polar surface area (TPSA) is 188 Å². The molecule has 2 atom stereocenters. The maximum Gasteiger partial charge on any atom is 0.374 e. The molecule has 0 radical (unpaired) electrons. The Hall–Kier alpha value is -5.04. The number of Topliss-reactive ketones (excluding diaryl/α,β-unsaturated/α-hetero) is 2. The van der Waals surface area contributed by atoms with Crippen molar-refractivity contribution in [3.63, 3.8) is 0 Å². The molecule has 0 saturated carbocycles. The summed E-state index contributed by atoms with van der Waals surface area (Å²) in [5, 5.41) is 32.9. The highest BCUT2D eigenvalue weighted by Crippen LogP contribution is 2.53. The minimum absolute atomic E-state index is 0.0697. The second-order valence-electron chi connectivity index (χ2n) is 9.27. The number of allylic oxidation sites excluding steroid dienone is 1. The third kappa shape index (κ3) is 3.18. The van der Waals surface area contributed by atoms with Crippen LogP contribution in [0.5, 0.6) is 28.7 Å². The van der Waals surface area contributed by atoms with Crippen LogP contribution in [0.3, 0.4) is 0 Å². The number of hydrogen-bond acceptors (Lipinski definition) is 13. The van der Waals surface area contributed by atoms with Crippen molar-refractivity contribution in [1.82, 2.24) is 0 Å². The minimum Gasteiger partial charge on any atom is -0.504 e. The van der Waals surface area contributed by atoms with Crippen molar-refractivity contribution in [3.8, 4) is 28.7 Å². The van der Waals surface area contributed by atoms with Crippen LogP contribution >= 0.6 is 0 Å². The van der Waals surface area contributed by atoms with Gasteiger partial charge in [0.25, 0.3) is 5.79 Å². The van der Waals surface area contributed by atoms with Gasteiger partial charge in [-0.05, 0) is 29.5 Å². The van der Waals surface area contributed by atoms with Gasteiger partial charge in [-0.2, -0.15) is 0 Å². The zero-order chi connectivity index (χ0) is 28.7. The lowest BCUT2D eigenvalue weighted by molar-refractivity contribution is -0.195. The number of rotatable bonds is 3. The van der Waals surface area contributed by atoms with Crippen molar-refractivity contribution in [1.29, 1.82) is 0 Å². The van der Waals surface area contributed by atoms with E-state index in [2.05, 4.69) is 4.74 Å². The maximum atomic E-state index is 13.6. The van der Waals surface area contributed by atoms with Gasteiger partial charge in [0.1, 0.15) is 11.1 Å². The van der Waals surface area contributed by atoms with E-state index in [0.717, 1.165) is 7.11 Å². The number of carbonyl (C=O) groups is 3. The summed E-state index contributed by atoms with van der Waals surface area (Å²) in [4.78, 5) is 51.6. The van der Waals surface area contributed by atoms with E-state index >= 15 is 0 Å². The summed E-state index contributed by atoms with van der Waals surface area (Å²) >= 11 is 0. The number of aryl methyl sites for hydroxylation is 1. The number of aliphatic hydroxyl groups is 1. The van der Waals surface area contributed by atoms with Gasteiger partial charge in [-0.1, -0.05) is 0 Å². The van der Waals surface area contributed by atoms with Crippen molar-refractivity contribution in [3.05, 3.63) is 62.4 Å². The van der Waals surface area contributed by atoms with Crippen LogP contribution < -0.4 is 19.8 Å². The zero-order valence-electron chi connectivity index (χ0n) is 21.1. The molecule has 0 fully saturated rings. The first-order valence-electron chi connectivity index (χ1n) is 11.9. The molecule has 0 saturated heterocycles. The van der Waals surface area contributed by atoms with E-state index in [9.17, 15) is 34.5 Å². The highest BCUT2D eigenvalue weighted by molar-refractivity contribution is 6.29. The third-order valence-electron chi connectivity index (χ3n) is 7.24. The summed E-state index contributed by atoms with van der Waals surface area (Å²) in [7, 11) is 3.63. The van der Waals surface area contributed by atoms with Crippen molar-refractivity contribution < 1.29 is 57.8 Å². The lowest BCUT2D eigenvalue weighted by atomic mass is 10.8. The number of ether oxygens (including phenoxy) is 5. The molecule has 3 heterocycles. The predicted octanol–water partition coefficient (Wildman–Crippen LogP) is 1.75. The van der Waals surface area contributed by atoms with Crippen LogP contribution in [-0.4, -0.2) is 66.1 Å². The minimum atomic E-state index is -2.03. The number of phenols is 2. The van der Waals surface area contributed by atoms with E-state index in [1.165, 1.54) is 32.4 Å². The van der Waals surface area contributed by atoms with Crippen LogP contribution in [0.4, 0.5) is 0 Å². The number of methoxy groups -OCH3 is 3. The van der Waals surface area contributed by atoms with Crippen LogP contribution in [0.1, 0.15) is 43.3 Å². The molecule has 1 aromatic heterocycles. The van der Waals surface area contributed by atoms with Gasteiger partial charge in [-0.25, -0.2) is 9.59 Å². The second-order valence-corrected chi connectivity index (χ2v) is 9.27. The van der Waals surface area contributed by atoms with Gasteiger partial charge in [0.2, 0.25) is 11.5 Å².